The zero-order valence-corrected chi connectivity index (χ0v) is 8.14. The first-order valence-corrected chi connectivity index (χ1v) is 4.71. The summed E-state index contributed by atoms with van der Waals surface area (Å²) in [5, 5.41) is 9.24. The first-order chi connectivity index (χ1) is 7.34. The Morgan fingerprint density at radius 1 is 0.733 bits per heavy atom. The van der Waals surface area contributed by atoms with Gasteiger partial charge in [0.2, 0.25) is 0 Å². The predicted molar refractivity (Wildman–Crippen MR) is 61.8 cm³/mol. The highest BCUT2D eigenvalue weighted by molar-refractivity contribution is 5.54. The molecule has 0 spiro atoms. The van der Waals surface area contributed by atoms with Crippen molar-refractivity contribution in [1.29, 1.82) is 0 Å². The highest BCUT2D eigenvalue weighted by Crippen LogP contribution is 2.15. The Morgan fingerprint density at radius 3 is 2.13 bits per heavy atom. The lowest BCUT2D eigenvalue weighted by Crippen LogP contribution is -2.07. The van der Waals surface area contributed by atoms with E-state index in [0.29, 0.717) is 0 Å². The SMILES string of the molecule is Oc1cccc(NNc2ccccc2)c1. The van der Waals surface area contributed by atoms with E-state index < -0.39 is 0 Å². The molecular weight excluding hydrogens is 188 g/mol. The number of hydrogen-bond acceptors (Lipinski definition) is 3. The molecule has 3 N–H and O–H groups in total. The number of aromatic hydroxyl groups is 1. The third-order valence-electron chi connectivity index (χ3n) is 1.97. The van der Waals surface area contributed by atoms with E-state index >= 15 is 0 Å². The van der Waals surface area contributed by atoms with Crippen molar-refractivity contribution < 1.29 is 5.11 Å². The van der Waals surface area contributed by atoms with Gasteiger partial charge in [-0.25, -0.2) is 0 Å². The van der Waals surface area contributed by atoms with Crippen molar-refractivity contribution in [2.75, 3.05) is 10.9 Å². The monoisotopic (exact) mass is 200 g/mol. The van der Waals surface area contributed by atoms with Crippen LogP contribution in [0, 0.1) is 0 Å². The van der Waals surface area contributed by atoms with Gasteiger partial charge in [0.05, 0.1) is 11.4 Å². The van der Waals surface area contributed by atoms with Crippen LogP contribution in [0.5, 0.6) is 5.75 Å². The Balaban J connectivity index is 1.99. The van der Waals surface area contributed by atoms with Gasteiger partial charge in [-0.1, -0.05) is 24.3 Å². The van der Waals surface area contributed by atoms with E-state index in [1.807, 2.05) is 36.4 Å². The van der Waals surface area contributed by atoms with Crippen LogP contribution in [0.2, 0.25) is 0 Å². The van der Waals surface area contributed by atoms with Crippen molar-refractivity contribution in [3.63, 3.8) is 0 Å². The van der Waals surface area contributed by atoms with Gasteiger partial charge in [0.25, 0.3) is 0 Å². The highest BCUT2D eigenvalue weighted by atomic mass is 16.3. The molecule has 0 aliphatic rings. The first-order valence-electron chi connectivity index (χ1n) is 4.71. The van der Waals surface area contributed by atoms with Gasteiger partial charge in [-0.2, -0.15) is 0 Å². The molecule has 2 aromatic carbocycles. The topological polar surface area (TPSA) is 44.3 Å². The maximum Gasteiger partial charge on any atom is 0.117 e. The van der Waals surface area contributed by atoms with Gasteiger partial charge >= 0.3 is 0 Å². The van der Waals surface area contributed by atoms with Crippen molar-refractivity contribution >= 4 is 11.4 Å². The average Bonchev–Trinajstić information content (AvgIpc) is 2.28. The summed E-state index contributed by atoms with van der Waals surface area (Å²) in [6.45, 7) is 0. The highest BCUT2D eigenvalue weighted by Gasteiger charge is 1.92. The molecular formula is C12H12N2O. The minimum absolute atomic E-state index is 0.245. The van der Waals surface area contributed by atoms with Crippen LogP contribution in [0.25, 0.3) is 0 Å². The molecule has 0 saturated heterocycles. The van der Waals surface area contributed by atoms with Crippen LogP contribution < -0.4 is 10.9 Å². The maximum atomic E-state index is 9.24. The van der Waals surface area contributed by atoms with E-state index in [2.05, 4.69) is 10.9 Å². The standard InChI is InChI=1S/C12H12N2O/c15-12-8-4-7-11(9-12)14-13-10-5-2-1-3-6-10/h1-9,13-15H. The van der Waals surface area contributed by atoms with Gasteiger partial charge in [-0.3, -0.25) is 0 Å². The Hall–Kier alpha value is -2.16. The number of benzene rings is 2. The van der Waals surface area contributed by atoms with Crippen LogP contribution in [0.3, 0.4) is 0 Å². The van der Waals surface area contributed by atoms with E-state index in [4.69, 9.17) is 0 Å². The molecule has 76 valence electrons. The molecule has 15 heavy (non-hydrogen) atoms. The molecule has 0 bridgehead atoms. The van der Waals surface area contributed by atoms with Crippen LogP contribution in [0.4, 0.5) is 11.4 Å². The zero-order valence-electron chi connectivity index (χ0n) is 8.14. The molecule has 0 fully saturated rings. The summed E-state index contributed by atoms with van der Waals surface area (Å²) in [6.07, 6.45) is 0. The molecule has 3 heteroatoms. The molecule has 0 saturated carbocycles. The summed E-state index contributed by atoms with van der Waals surface area (Å²) in [7, 11) is 0. The molecule has 0 aliphatic heterocycles. The minimum Gasteiger partial charge on any atom is -0.508 e. The van der Waals surface area contributed by atoms with E-state index in [1.165, 1.54) is 0 Å². The zero-order chi connectivity index (χ0) is 10.5. The number of nitrogens with one attached hydrogen (secondary N) is 2. The fourth-order valence-corrected chi connectivity index (χ4v) is 1.25. The summed E-state index contributed by atoms with van der Waals surface area (Å²) in [5.41, 5.74) is 7.81. The second-order valence-electron chi connectivity index (χ2n) is 3.17. The second-order valence-corrected chi connectivity index (χ2v) is 3.17. The summed E-state index contributed by atoms with van der Waals surface area (Å²) in [4.78, 5) is 0. The number of rotatable bonds is 3. The Morgan fingerprint density at radius 2 is 1.40 bits per heavy atom. The number of anilines is 2. The van der Waals surface area contributed by atoms with Crippen molar-refractivity contribution in [3.05, 3.63) is 54.6 Å². The molecule has 0 radical (unpaired) electrons. The lowest BCUT2D eigenvalue weighted by Gasteiger charge is -2.09. The van der Waals surface area contributed by atoms with Crippen LogP contribution in [0.1, 0.15) is 0 Å². The lowest BCUT2D eigenvalue weighted by atomic mass is 10.3. The summed E-state index contributed by atoms with van der Waals surface area (Å²) in [6, 6.07) is 16.7. The van der Waals surface area contributed by atoms with E-state index in [0.717, 1.165) is 11.4 Å². The predicted octanol–water partition coefficient (Wildman–Crippen LogP) is 2.83. The molecule has 0 aliphatic carbocycles. The molecule has 2 rings (SSSR count). The Labute approximate surface area is 88.4 Å². The third-order valence-corrected chi connectivity index (χ3v) is 1.97. The number of hydrogen-bond donors (Lipinski definition) is 3. The van der Waals surface area contributed by atoms with Crippen molar-refractivity contribution in [1.82, 2.24) is 0 Å². The molecule has 0 atom stereocenters. The van der Waals surface area contributed by atoms with E-state index in [1.54, 1.807) is 18.2 Å². The molecule has 0 unspecified atom stereocenters. The van der Waals surface area contributed by atoms with Crippen LogP contribution in [0.15, 0.2) is 54.6 Å². The number of phenolic OH excluding ortho intramolecular Hbond substituents is 1. The third kappa shape index (κ3) is 2.64. The van der Waals surface area contributed by atoms with Gasteiger partial charge in [-0.15, -0.1) is 0 Å². The Kier molecular flexibility index (Phi) is 2.74. The van der Waals surface area contributed by atoms with Gasteiger partial charge in [0.15, 0.2) is 0 Å². The molecule has 3 nitrogen and oxygen atoms in total. The molecule has 2 aromatic rings. The molecule has 0 amide bonds. The maximum absolute atomic E-state index is 9.24. The number of phenols is 1. The summed E-state index contributed by atoms with van der Waals surface area (Å²) in [5.74, 6) is 0.245. The van der Waals surface area contributed by atoms with Gasteiger partial charge in [-0.05, 0) is 24.3 Å². The number of para-hydroxylation sites is 1. The lowest BCUT2D eigenvalue weighted by molar-refractivity contribution is 0.475. The van der Waals surface area contributed by atoms with Gasteiger partial charge < -0.3 is 16.0 Å². The van der Waals surface area contributed by atoms with E-state index in [9.17, 15) is 5.11 Å². The van der Waals surface area contributed by atoms with Gasteiger partial charge in [0.1, 0.15) is 5.75 Å². The fraction of sp³-hybridized carbons (Fsp3) is 0. The molecule has 0 heterocycles. The minimum atomic E-state index is 0.245. The summed E-state index contributed by atoms with van der Waals surface area (Å²) >= 11 is 0. The number of hydrazine groups is 1. The smallest absolute Gasteiger partial charge is 0.117 e. The van der Waals surface area contributed by atoms with Crippen LogP contribution in [-0.4, -0.2) is 5.11 Å². The van der Waals surface area contributed by atoms with Crippen LogP contribution in [-0.2, 0) is 0 Å². The quantitative estimate of drug-likeness (QED) is 0.667. The largest absolute Gasteiger partial charge is 0.508 e. The molecule has 0 aromatic heterocycles. The summed E-state index contributed by atoms with van der Waals surface area (Å²) < 4.78 is 0. The fourth-order valence-electron chi connectivity index (χ4n) is 1.25. The first kappa shape index (κ1) is 9.40. The normalized spacial score (nSPS) is 9.60. The van der Waals surface area contributed by atoms with E-state index in [-0.39, 0.29) is 5.75 Å². The average molecular weight is 200 g/mol. The van der Waals surface area contributed by atoms with Gasteiger partial charge in [0, 0.05) is 6.07 Å². The van der Waals surface area contributed by atoms with Crippen molar-refractivity contribution in [2.24, 2.45) is 0 Å². The Bertz CT molecular complexity index is 429. The van der Waals surface area contributed by atoms with Crippen LogP contribution >= 0.6 is 0 Å². The van der Waals surface area contributed by atoms with Crippen molar-refractivity contribution in [2.45, 2.75) is 0 Å². The van der Waals surface area contributed by atoms with Crippen molar-refractivity contribution in [3.8, 4) is 5.75 Å². The second kappa shape index (κ2) is 4.37.